The molecule has 0 aliphatic carbocycles. The topological polar surface area (TPSA) is 61.4 Å². The molecule has 2 amide bonds. The van der Waals surface area contributed by atoms with Gasteiger partial charge in [-0.1, -0.05) is 6.07 Å². The van der Waals surface area contributed by atoms with Crippen molar-refractivity contribution < 1.29 is 9.59 Å². The van der Waals surface area contributed by atoms with Crippen LogP contribution in [0.4, 0.5) is 0 Å². The van der Waals surface area contributed by atoms with Crippen LogP contribution in [-0.2, 0) is 17.8 Å². The largest absolute Gasteiger partial charge is 0.345 e. The molecular formula is C15H21N3O2. The second-order valence-corrected chi connectivity index (χ2v) is 5.00. The summed E-state index contributed by atoms with van der Waals surface area (Å²) in [6.07, 6.45) is 0.997. The molecule has 2 rings (SSSR count). The zero-order valence-electron chi connectivity index (χ0n) is 12.0. The Bertz CT molecular complexity index is 514. The standard InChI is InChI=1S/C15H21N3O2/c1-3-18(2)14(19)10-17-15(20)12-5-4-11-6-7-16-9-13(11)8-12/h4-5,8,16H,3,6-7,9-10H2,1-2H3,(H,17,20). The van der Waals surface area contributed by atoms with Gasteiger partial charge < -0.3 is 15.5 Å². The fourth-order valence-corrected chi connectivity index (χ4v) is 2.19. The highest BCUT2D eigenvalue weighted by atomic mass is 16.2. The van der Waals surface area contributed by atoms with Crippen LogP contribution in [0.15, 0.2) is 18.2 Å². The van der Waals surface area contributed by atoms with Gasteiger partial charge in [-0.25, -0.2) is 0 Å². The summed E-state index contributed by atoms with van der Waals surface area (Å²) < 4.78 is 0. The molecule has 0 bridgehead atoms. The average Bonchev–Trinajstić information content (AvgIpc) is 2.50. The Morgan fingerprint density at radius 2 is 2.15 bits per heavy atom. The van der Waals surface area contributed by atoms with E-state index in [1.807, 2.05) is 25.1 Å². The van der Waals surface area contributed by atoms with E-state index in [-0.39, 0.29) is 18.4 Å². The van der Waals surface area contributed by atoms with Crippen LogP contribution < -0.4 is 10.6 Å². The van der Waals surface area contributed by atoms with E-state index in [9.17, 15) is 9.59 Å². The third-order valence-electron chi connectivity index (χ3n) is 3.66. The molecule has 1 aromatic carbocycles. The van der Waals surface area contributed by atoms with E-state index < -0.39 is 0 Å². The van der Waals surface area contributed by atoms with Gasteiger partial charge >= 0.3 is 0 Å². The Morgan fingerprint density at radius 3 is 2.90 bits per heavy atom. The highest BCUT2D eigenvalue weighted by Gasteiger charge is 2.14. The number of fused-ring (bicyclic) bond motifs is 1. The SMILES string of the molecule is CCN(C)C(=O)CNC(=O)c1ccc2c(c1)CNCC2. The van der Waals surface area contributed by atoms with E-state index in [2.05, 4.69) is 10.6 Å². The van der Waals surface area contributed by atoms with Gasteiger partial charge in [-0.05, 0) is 43.1 Å². The molecule has 1 heterocycles. The maximum absolute atomic E-state index is 12.0. The van der Waals surface area contributed by atoms with E-state index in [4.69, 9.17) is 0 Å². The Morgan fingerprint density at radius 1 is 1.35 bits per heavy atom. The van der Waals surface area contributed by atoms with E-state index in [1.165, 1.54) is 11.1 Å². The molecule has 0 aromatic heterocycles. The van der Waals surface area contributed by atoms with E-state index >= 15 is 0 Å². The maximum atomic E-state index is 12.0. The Labute approximate surface area is 119 Å². The number of carbonyl (C=O) groups excluding carboxylic acids is 2. The first-order valence-electron chi connectivity index (χ1n) is 6.96. The molecule has 5 heteroatoms. The quantitative estimate of drug-likeness (QED) is 0.843. The molecule has 0 unspecified atom stereocenters. The molecule has 0 saturated carbocycles. The zero-order valence-corrected chi connectivity index (χ0v) is 12.0. The van der Waals surface area contributed by atoms with Gasteiger partial charge in [0.15, 0.2) is 0 Å². The lowest BCUT2D eigenvalue weighted by Crippen LogP contribution is -2.38. The van der Waals surface area contributed by atoms with Crippen molar-refractivity contribution >= 4 is 11.8 Å². The van der Waals surface area contributed by atoms with Gasteiger partial charge in [-0.2, -0.15) is 0 Å². The number of rotatable bonds is 4. The molecule has 1 aliphatic rings. The van der Waals surface area contributed by atoms with Gasteiger partial charge in [0.25, 0.3) is 5.91 Å². The van der Waals surface area contributed by atoms with Gasteiger partial charge in [0.2, 0.25) is 5.91 Å². The molecule has 5 nitrogen and oxygen atoms in total. The van der Waals surface area contributed by atoms with Crippen LogP contribution in [0.1, 0.15) is 28.4 Å². The first-order chi connectivity index (χ1) is 9.61. The second kappa shape index (κ2) is 6.52. The van der Waals surface area contributed by atoms with Gasteiger partial charge in [-0.3, -0.25) is 9.59 Å². The van der Waals surface area contributed by atoms with Gasteiger partial charge in [0.05, 0.1) is 6.54 Å². The minimum Gasteiger partial charge on any atom is -0.345 e. The monoisotopic (exact) mass is 275 g/mol. The van der Waals surface area contributed by atoms with Crippen LogP contribution in [0.5, 0.6) is 0 Å². The van der Waals surface area contributed by atoms with Gasteiger partial charge in [0, 0.05) is 25.7 Å². The van der Waals surface area contributed by atoms with Crippen molar-refractivity contribution in [1.29, 1.82) is 0 Å². The van der Waals surface area contributed by atoms with Crippen LogP contribution in [-0.4, -0.2) is 43.4 Å². The molecule has 0 fully saturated rings. The number of nitrogens with one attached hydrogen (secondary N) is 2. The van der Waals surface area contributed by atoms with Gasteiger partial charge in [-0.15, -0.1) is 0 Å². The molecule has 1 aromatic rings. The maximum Gasteiger partial charge on any atom is 0.251 e. The molecule has 2 N–H and O–H groups in total. The van der Waals surface area contributed by atoms with Crippen molar-refractivity contribution in [2.45, 2.75) is 19.9 Å². The minimum absolute atomic E-state index is 0.0402. The van der Waals surface area contributed by atoms with Crippen LogP contribution >= 0.6 is 0 Å². The summed E-state index contributed by atoms with van der Waals surface area (Å²) in [6.45, 7) is 4.36. The molecule has 0 spiro atoms. The average molecular weight is 275 g/mol. The highest BCUT2D eigenvalue weighted by molar-refractivity contribution is 5.96. The Kier molecular flexibility index (Phi) is 4.74. The Balaban J connectivity index is 1.97. The summed E-state index contributed by atoms with van der Waals surface area (Å²) in [7, 11) is 1.72. The molecule has 0 atom stereocenters. The lowest BCUT2D eigenvalue weighted by Gasteiger charge is -2.18. The number of nitrogens with zero attached hydrogens (tertiary/aromatic N) is 1. The van der Waals surface area contributed by atoms with Crippen molar-refractivity contribution in [3.8, 4) is 0 Å². The number of carbonyl (C=O) groups is 2. The molecular weight excluding hydrogens is 254 g/mol. The first kappa shape index (κ1) is 14.5. The normalized spacial score (nSPS) is 13.5. The third kappa shape index (κ3) is 3.36. The fourth-order valence-electron chi connectivity index (χ4n) is 2.19. The van der Waals surface area contributed by atoms with Crippen molar-refractivity contribution in [3.05, 3.63) is 34.9 Å². The summed E-state index contributed by atoms with van der Waals surface area (Å²) in [6, 6.07) is 5.74. The molecule has 20 heavy (non-hydrogen) atoms. The van der Waals surface area contributed by atoms with Crippen LogP contribution in [0.25, 0.3) is 0 Å². The zero-order chi connectivity index (χ0) is 14.5. The van der Waals surface area contributed by atoms with Crippen molar-refractivity contribution in [3.63, 3.8) is 0 Å². The number of amides is 2. The minimum atomic E-state index is -0.198. The van der Waals surface area contributed by atoms with Crippen LogP contribution in [0, 0.1) is 0 Å². The number of hydrogen-bond donors (Lipinski definition) is 2. The Hall–Kier alpha value is -1.88. The number of likely N-dealkylation sites (N-methyl/N-ethyl adjacent to an activating group) is 1. The summed E-state index contributed by atoms with van der Waals surface area (Å²) >= 11 is 0. The third-order valence-corrected chi connectivity index (χ3v) is 3.66. The summed E-state index contributed by atoms with van der Waals surface area (Å²) in [4.78, 5) is 25.3. The smallest absolute Gasteiger partial charge is 0.251 e. The molecule has 1 aliphatic heterocycles. The van der Waals surface area contributed by atoms with E-state index in [1.54, 1.807) is 11.9 Å². The van der Waals surface area contributed by atoms with Crippen LogP contribution in [0.3, 0.4) is 0 Å². The fraction of sp³-hybridized carbons (Fsp3) is 0.467. The van der Waals surface area contributed by atoms with Crippen molar-refractivity contribution in [2.24, 2.45) is 0 Å². The van der Waals surface area contributed by atoms with Crippen molar-refractivity contribution in [1.82, 2.24) is 15.5 Å². The summed E-state index contributed by atoms with van der Waals surface area (Å²) in [5.74, 6) is -0.281. The molecule has 108 valence electrons. The van der Waals surface area contributed by atoms with Gasteiger partial charge in [0.1, 0.15) is 0 Å². The summed E-state index contributed by atoms with van der Waals surface area (Å²) in [5.41, 5.74) is 3.07. The van der Waals surface area contributed by atoms with E-state index in [0.29, 0.717) is 12.1 Å². The molecule has 0 radical (unpaired) electrons. The number of hydrogen-bond acceptors (Lipinski definition) is 3. The highest BCUT2D eigenvalue weighted by Crippen LogP contribution is 2.15. The van der Waals surface area contributed by atoms with E-state index in [0.717, 1.165) is 19.5 Å². The van der Waals surface area contributed by atoms with Crippen LogP contribution in [0.2, 0.25) is 0 Å². The number of benzene rings is 1. The molecule has 0 saturated heterocycles. The first-order valence-corrected chi connectivity index (χ1v) is 6.96. The van der Waals surface area contributed by atoms with Crippen molar-refractivity contribution in [2.75, 3.05) is 26.7 Å². The second-order valence-electron chi connectivity index (χ2n) is 5.00. The lowest BCUT2D eigenvalue weighted by atomic mass is 9.98. The summed E-state index contributed by atoms with van der Waals surface area (Å²) in [5, 5.41) is 5.96. The predicted molar refractivity (Wildman–Crippen MR) is 77.5 cm³/mol. The lowest BCUT2D eigenvalue weighted by molar-refractivity contribution is -0.128. The predicted octanol–water partition coefficient (Wildman–Crippen LogP) is 0.540.